The van der Waals surface area contributed by atoms with Crippen LogP contribution in [0.4, 0.5) is 6.01 Å². The Kier molecular flexibility index (Phi) is 7.05. The van der Waals surface area contributed by atoms with Crippen LogP contribution in [0.1, 0.15) is 31.5 Å². The summed E-state index contributed by atoms with van der Waals surface area (Å²) in [6.45, 7) is 0.233. The Morgan fingerprint density at radius 2 is 2.12 bits per heavy atom. The van der Waals surface area contributed by atoms with Crippen molar-refractivity contribution in [2.75, 3.05) is 11.5 Å². The highest BCUT2D eigenvalue weighted by atomic mass is 32.2. The Balaban J connectivity index is 1.22. The number of carbonyl (C=O) groups is 4. The number of amides is 2. The maximum Gasteiger partial charge on any atom is 0.350 e. The number of thiophene rings is 1. The second-order valence-corrected chi connectivity index (χ2v) is 12.0. The van der Waals surface area contributed by atoms with Crippen LogP contribution >= 0.6 is 23.1 Å². The third-order valence-corrected chi connectivity index (χ3v) is 9.54. The van der Waals surface area contributed by atoms with Crippen molar-refractivity contribution in [2.24, 2.45) is 5.16 Å². The molecule has 1 saturated heterocycles. The Morgan fingerprint density at radius 1 is 1.33 bits per heavy atom. The lowest BCUT2D eigenvalue weighted by Gasteiger charge is -2.50. The summed E-state index contributed by atoms with van der Waals surface area (Å²) in [6.07, 6.45) is 5.31. The number of pyridine rings is 1. The highest BCUT2D eigenvalue weighted by Gasteiger charge is 2.54. The molecule has 3 aliphatic rings. The molecule has 3 aromatic heterocycles. The van der Waals surface area contributed by atoms with Crippen molar-refractivity contribution in [1.82, 2.24) is 20.4 Å². The summed E-state index contributed by atoms with van der Waals surface area (Å²) in [7, 11) is 0. The molecule has 15 nitrogen and oxygen atoms in total. The molecule has 2 amide bonds. The first-order valence-corrected chi connectivity index (χ1v) is 14.7. The van der Waals surface area contributed by atoms with E-state index in [0.717, 1.165) is 15.0 Å². The van der Waals surface area contributed by atoms with Gasteiger partial charge in [-0.25, -0.2) is 4.79 Å². The Hall–Kier alpha value is -4.51. The molecule has 2 aliphatic heterocycles. The zero-order valence-electron chi connectivity index (χ0n) is 21.7. The molecular formula is C25H23N7O8S2. The number of nitrogens with two attached hydrogens (primary N) is 1. The summed E-state index contributed by atoms with van der Waals surface area (Å²) >= 11 is 2.84. The van der Waals surface area contributed by atoms with E-state index in [9.17, 15) is 29.4 Å². The largest absolute Gasteiger partial charge is 0.543 e. The molecule has 0 spiro atoms. The number of nitrogens with zero attached hydrogens (tertiary/aromatic N) is 5. The number of rotatable bonds is 9. The lowest BCUT2D eigenvalue weighted by molar-refractivity contribution is -0.687. The van der Waals surface area contributed by atoms with Crippen molar-refractivity contribution in [3.05, 3.63) is 47.0 Å². The number of aliphatic carboxylic acids is 2. The summed E-state index contributed by atoms with van der Waals surface area (Å²) in [5.74, 6) is -4.46. The Bertz CT molecular complexity index is 1680. The molecule has 1 aliphatic carbocycles. The van der Waals surface area contributed by atoms with E-state index in [1.54, 1.807) is 11.3 Å². The number of carboxylic acids is 2. The van der Waals surface area contributed by atoms with Gasteiger partial charge in [0, 0.05) is 35.6 Å². The standard InChI is InChI=1S/C25H23N7O8S2/c26-24-28-18(30-39-24)15(29-40-25(23(37)38)5-1-2-6-25)19(33)27-16-20(34)32-17(22(35)36)13(11-42-21(16)32)9-31-7-3-12-4-8-41-14(12)10-31/h3-4,7-8,10,16,21H,1-2,5-6,9,11H2,(H4-,26,27,28,30,33,35,36,37,38)/b29-15+/t16?,21-/m1/s1. The van der Waals surface area contributed by atoms with E-state index in [1.165, 1.54) is 11.8 Å². The van der Waals surface area contributed by atoms with Crippen molar-refractivity contribution in [3.63, 3.8) is 0 Å². The number of nitrogens with one attached hydrogen (secondary N) is 1. The first kappa shape index (κ1) is 27.6. The highest BCUT2D eigenvalue weighted by Crippen LogP contribution is 2.40. The van der Waals surface area contributed by atoms with Gasteiger partial charge in [0.05, 0.1) is 16.4 Å². The number of nitrogen functional groups attached to an aromatic ring is 1. The molecule has 6 rings (SSSR count). The molecule has 0 radical (unpaired) electrons. The predicted octanol–water partition coefficient (Wildman–Crippen LogP) is -0.624. The van der Waals surface area contributed by atoms with E-state index in [2.05, 4.69) is 20.6 Å². The van der Waals surface area contributed by atoms with Gasteiger partial charge in [0.1, 0.15) is 11.4 Å². The molecule has 1 saturated carbocycles. The van der Waals surface area contributed by atoms with Crippen LogP contribution in [0.3, 0.4) is 0 Å². The molecule has 2 fully saturated rings. The lowest BCUT2D eigenvalue weighted by Crippen LogP contribution is -2.71. The van der Waals surface area contributed by atoms with Gasteiger partial charge in [0.2, 0.25) is 17.1 Å². The zero-order chi connectivity index (χ0) is 29.6. The second kappa shape index (κ2) is 10.7. The summed E-state index contributed by atoms with van der Waals surface area (Å²) in [5, 5.41) is 34.1. The molecule has 0 aromatic carbocycles. The molecule has 5 heterocycles. The number of oxime groups is 1. The second-order valence-electron chi connectivity index (χ2n) is 9.95. The minimum Gasteiger partial charge on any atom is -0.543 e. The van der Waals surface area contributed by atoms with E-state index >= 15 is 0 Å². The van der Waals surface area contributed by atoms with Gasteiger partial charge in [0.25, 0.3) is 11.8 Å². The maximum absolute atomic E-state index is 13.3. The third-order valence-electron chi connectivity index (χ3n) is 7.34. The van der Waals surface area contributed by atoms with E-state index in [-0.39, 0.29) is 42.7 Å². The highest BCUT2D eigenvalue weighted by molar-refractivity contribution is 8.00. The lowest BCUT2D eigenvalue weighted by atomic mass is 10.0. The summed E-state index contributed by atoms with van der Waals surface area (Å²) in [6, 6.07) is 2.41. The van der Waals surface area contributed by atoms with E-state index in [0.29, 0.717) is 18.4 Å². The number of carboxylic acid groups (broad SMARTS) is 2. The van der Waals surface area contributed by atoms with Crippen LogP contribution in [-0.4, -0.2) is 72.4 Å². The van der Waals surface area contributed by atoms with Crippen molar-refractivity contribution in [1.29, 1.82) is 0 Å². The van der Waals surface area contributed by atoms with Crippen LogP contribution in [0.2, 0.25) is 0 Å². The smallest absolute Gasteiger partial charge is 0.350 e. The molecule has 218 valence electrons. The number of hydrogen-bond donors (Lipinski definition) is 3. The number of thioether (sulfide) groups is 1. The van der Waals surface area contributed by atoms with Gasteiger partial charge >= 0.3 is 12.0 Å². The van der Waals surface area contributed by atoms with Crippen LogP contribution in [0.5, 0.6) is 0 Å². The van der Waals surface area contributed by atoms with Gasteiger partial charge < -0.3 is 35.4 Å². The van der Waals surface area contributed by atoms with E-state index in [4.69, 9.17) is 15.1 Å². The number of fused-ring (bicyclic) bond motifs is 2. The van der Waals surface area contributed by atoms with Crippen molar-refractivity contribution in [2.45, 2.75) is 49.2 Å². The molecule has 2 atom stereocenters. The average Bonchev–Trinajstić information content (AvgIpc) is 3.73. The number of β-lactam (4-membered cyclic amide) rings is 1. The van der Waals surface area contributed by atoms with Crippen LogP contribution in [0.25, 0.3) is 10.1 Å². The number of anilines is 1. The molecular weight excluding hydrogens is 590 g/mol. The van der Waals surface area contributed by atoms with E-state index < -0.39 is 46.5 Å². The summed E-state index contributed by atoms with van der Waals surface area (Å²) < 4.78 is 7.61. The minimum absolute atomic E-state index is 0.185. The molecule has 0 bridgehead atoms. The van der Waals surface area contributed by atoms with Gasteiger partial charge in [-0.2, -0.15) is 9.55 Å². The predicted molar refractivity (Wildman–Crippen MR) is 144 cm³/mol. The topological polar surface area (TPSA) is 217 Å². The number of hydrogen-bond acceptors (Lipinski definition) is 13. The van der Waals surface area contributed by atoms with Gasteiger partial charge in [-0.3, -0.25) is 14.5 Å². The van der Waals surface area contributed by atoms with Crippen LogP contribution in [0.15, 0.2) is 50.9 Å². The fourth-order valence-corrected chi connectivity index (χ4v) is 7.37. The third kappa shape index (κ3) is 4.83. The first-order valence-electron chi connectivity index (χ1n) is 12.8. The fourth-order valence-electron chi connectivity index (χ4n) is 5.20. The number of carbonyl (C=O) groups excluding carboxylic acids is 3. The first-order chi connectivity index (χ1) is 20.2. The van der Waals surface area contributed by atoms with E-state index in [1.807, 2.05) is 34.5 Å². The minimum atomic E-state index is -1.63. The SMILES string of the molecule is Nc1nc(/C(=N\OC2(C(=O)O)CCCC2)C(=O)NC2C(=O)N3C(C(=O)[O-])=C(C[n+]4ccc5ccsc5c4)CS[C@H]23)no1. The van der Waals surface area contributed by atoms with Crippen molar-refractivity contribution < 1.29 is 43.3 Å². The van der Waals surface area contributed by atoms with Crippen LogP contribution in [0, 0.1) is 0 Å². The monoisotopic (exact) mass is 613 g/mol. The fraction of sp³-hybridized carbons (Fsp3) is 0.360. The van der Waals surface area contributed by atoms with Crippen molar-refractivity contribution >= 4 is 68.7 Å². The van der Waals surface area contributed by atoms with Gasteiger partial charge in [-0.1, -0.05) is 10.3 Å². The Labute approximate surface area is 245 Å². The van der Waals surface area contributed by atoms with Gasteiger partial charge in [0.15, 0.2) is 18.9 Å². The zero-order valence-corrected chi connectivity index (χ0v) is 23.4. The van der Waals surface area contributed by atoms with Gasteiger partial charge in [-0.05, 0) is 24.3 Å². The number of aromatic nitrogens is 3. The Morgan fingerprint density at radius 3 is 2.81 bits per heavy atom. The summed E-state index contributed by atoms with van der Waals surface area (Å²) in [4.78, 5) is 60.8. The van der Waals surface area contributed by atoms with Crippen molar-refractivity contribution in [3.8, 4) is 0 Å². The molecule has 3 aromatic rings. The molecule has 17 heteroatoms. The van der Waals surface area contributed by atoms with Crippen LogP contribution in [-0.2, 0) is 30.6 Å². The average molecular weight is 614 g/mol. The summed E-state index contributed by atoms with van der Waals surface area (Å²) in [5.41, 5.74) is 3.58. The maximum atomic E-state index is 13.3. The van der Waals surface area contributed by atoms with Gasteiger partial charge in [-0.15, -0.1) is 23.1 Å². The molecule has 1 unspecified atom stereocenters. The molecule has 4 N–H and O–H groups in total. The molecule has 42 heavy (non-hydrogen) atoms. The quantitative estimate of drug-likeness (QED) is 0.119. The normalized spacial score (nSPS) is 21.7. The van der Waals surface area contributed by atoms with Crippen LogP contribution < -0.4 is 20.7 Å².